The van der Waals surface area contributed by atoms with Gasteiger partial charge in [0.05, 0.1) is 6.10 Å². The summed E-state index contributed by atoms with van der Waals surface area (Å²) < 4.78 is 5.88. The van der Waals surface area contributed by atoms with Crippen molar-refractivity contribution in [1.82, 2.24) is 9.80 Å². The van der Waals surface area contributed by atoms with Crippen LogP contribution in [0.3, 0.4) is 0 Å². The van der Waals surface area contributed by atoms with Crippen molar-refractivity contribution in [1.29, 1.82) is 0 Å². The van der Waals surface area contributed by atoms with E-state index in [1.54, 1.807) is 12.1 Å². The highest BCUT2D eigenvalue weighted by atomic mass is 79.9. The first-order chi connectivity index (χ1) is 9.63. The molecular weight excluding hydrogens is 324 g/mol. The van der Waals surface area contributed by atoms with Gasteiger partial charge in [-0.15, -0.1) is 0 Å². The highest BCUT2D eigenvalue weighted by molar-refractivity contribution is 9.10. The molecule has 1 aromatic rings. The number of hydrogen-bond donors (Lipinski definition) is 1. The number of aliphatic hydroxyl groups is 1. The van der Waals surface area contributed by atoms with Gasteiger partial charge < -0.3 is 14.4 Å². The Morgan fingerprint density at radius 2 is 2.05 bits per heavy atom. The summed E-state index contributed by atoms with van der Waals surface area (Å²) in [6.45, 7) is 3.75. The zero-order chi connectivity index (χ0) is 14.1. The van der Waals surface area contributed by atoms with Crippen molar-refractivity contribution in [3.63, 3.8) is 0 Å². The molecule has 0 aromatic carbocycles. The molecule has 1 atom stereocenters. The van der Waals surface area contributed by atoms with Gasteiger partial charge in [-0.25, -0.2) is 0 Å². The van der Waals surface area contributed by atoms with Crippen molar-refractivity contribution in [2.75, 3.05) is 32.7 Å². The van der Waals surface area contributed by atoms with Crippen molar-refractivity contribution in [3.05, 3.63) is 22.6 Å². The van der Waals surface area contributed by atoms with Crippen LogP contribution in [0.1, 0.15) is 23.4 Å². The predicted octanol–water partition coefficient (Wildman–Crippen LogP) is 1.57. The number of rotatable bonds is 4. The van der Waals surface area contributed by atoms with E-state index in [1.807, 2.05) is 4.90 Å². The van der Waals surface area contributed by atoms with Crippen molar-refractivity contribution in [2.24, 2.45) is 5.92 Å². The molecule has 20 heavy (non-hydrogen) atoms. The fourth-order valence-electron chi connectivity index (χ4n) is 2.61. The van der Waals surface area contributed by atoms with E-state index in [2.05, 4.69) is 20.8 Å². The molecule has 0 unspecified atom stereocenters. The Hall–Kier alpha value is -0.850. The minimum Gasteiger partial charge on any atom is -0.444 e. The summed E-state index contributed by atoms with van der Waals surface area (Å²) in [6.07, 6.45) is 2.12. The SMILES string of the molecule is O=C(c1ccc(Br)o1)N1CCN(C[C@H](O)C2CC2)CC1. The summed E-state index contributed by atoms with van der Waals surface area (Å²) >= 11 is 3.21. The van der Waals surface area contributed by atoms with Crippen LogP contribution >= 0.6 is 15.9 Å². The maximum absolute atomic E-state index is 12.2. The van der Waals surface area contributed by atoms with Crippen molar-refractivity contribution in [3.8, 4) is 0 Å². The Labute approximate surface area is 126 Å². The number of carbonyl (C=O) groups is 1. The smallest absolute Gasteiger partial charge is 0.289 e. The van der Waals surface area contributed by atoms with Crippen molar-refractivity contribution < 1.29 is 14.3 Å². The van der Waals surface area contributed by atoms with Crippen LogP contribution in [-0.4, -0.2) is 59.6 Å². The molecule has 0 bridgehead atoms. The molecule has 5 nitrogen and oxygen atoms in total. The van der Waals surface area contributed by atoms with Crippen LogP contribution in [0, 0.1) is 5.92 Å². The quantitative estimate of drug-likeness (QED) is 0.902. The Balaban J connectivity index is 1.49. The topological polar surface area (TPSA) is 56.9 Å². The van der Waals surface area contributed by atoms with Gasteiger partial charge >= 0.3 is 0 Å². The van der Waals surface area contributed by atoms with Crippen LogP contribution in [0.25, 0.3) is 0 Å². The Morgan fingerprint density at radius 1 is 1.35 bits per heavy atom. The first-order valence-electron chi connectivity index (χ1n) is 7.08. The molecule has 0 radical (unpaired) electrons. The molecule has 2 aliphatic rings. The van der Waals surface area contributed by atoms with Gasteiger partial charge in [-0.2, -0.15) is 0 Å². The molecule has 3 rings (SSSR count). The molecule has 1 aromatic heterocycles. The van der Waals surface area contributed by atoms with Crippen molar-refractivity contribution in [2.45, 2.75) is 18.9 Å². The highest BCUT2D eigenvalue weighted by Crippen LogP contribution is 2.32. The fourth-order valence-corrected chi connectivity index (χ4v) is 2.92. The van der Waals surface area contributed by atoms with Crippen LogP contribution in [-0.2, 0) is 0 Å². The number of carbonyl (C=O) groups excluding carboxylic acids is 1. The number of nitrogens with zero attached hydrogens (tertiary/aromatic N) is 2. The van der Waals surface area contributed by atoms with E-state index in [9.17, 15) is 9.90 Å². The van der Waals surface area contributed by atoms with E-state index >= 15 is 0 Å². The first-order valence-corrected chi connectivity index (χ1v) is 7.88. The van der Waals surface area contributed by atoms with Crippen LogP contribution < -0.4 is 0 Å². The third-order valence-corrected chi connectivity index (χ3v) is 4.48. The summed E-state index contributed by atoms with van der Waals surface area (Å²) in [5.74, 6) is 0.830. The first kappa shape index (κ1) is 14.1. The summed E-state index contributed by atoms with van der Waals surface area (Å²) in [6, 6.07) is 3.42. The predicted molar refractivity (Wildman–Crippen MR) is 77.5 cm³/mol. The summed E-state index contributed by atoms with van der Waals surface area (Å²) in [4.78, 5) is 16.3. The molecule has 6 heteroatoms. The second-order valence-electron chi connectivity index (χ2n) is 5.60. The molecule has 1 N–H and O–H groups in total. The lowest BCUT2D eigenvalue weighted by Crippen LogP contribution is -2.50. The van der Waals surface area contributed by atoms with E-state index in [1.165, 1.54) is 0 Å². The van der Waals surface area contributed by atoms with Gasteiger partial charge in [-0.1, -0.05) is 0 Å². The second kappa shape index (κ2) is 5.87. The normalized spacial score (nSPS) is 22.0. The highest BCUT2D eigenvalue weighted by Gasteiger charge is 2.32. The van der Waals surface area contributed by atoms with Gasteiger partial charge in [-0.3, -0.25) is 9.69 Å². The van der Waals surface area contributed by atoms with E-state index in [4.69, 9.17) is 4.42 Å². The number of aliphatic hydroxyl groups excluding tert-OH is 1. The number of halogens is 1. The third kappa shape index (κ3) is 3.24. The minimum atomic E-state index is -0.196. The molecular formula is C14H19BrN2O3. The number of piperazine rings is 1. The van der Waals surface area contributed by atoms with E-state index < -0.39 is 0 Å². The average Bonchev–Trinajstić information content (AvgIpc) is 3.21. The number of β-amino-alcohol motifs (C(OH)–C–C–N with tert-alkyl or cyclic N) is 1. The Morgan fingerprint density at radius 3 is 2.60 bits per heavy atom. The van der Waals surface area contributed by atoms with Gasteiger partial charge in [-0.05, 0) is 46.8 Å². The molecule has 0 spiro atoms. The maximum atomic E-state index is 12.2. The standard InChI is InChI=1S/C14H19BrN2O3/c15-13-4-3-12(20-13)14(19)17-7-5-16(6-8-17)9-11(18)10-1-2-10/h3-4,10-11,18H,1-2,5-9H2/t11-/m0/s1. The van der Waals surface area contributed by atoms with E-state index in [0.717, 1.165) is 32.5 Å². The number of amides is 1. The zero-order valence-corrected chi connectivity index (χ0v) is 12.9. The Bertz CT molecular complexity index is 479. The summed E-state index contributed by atoms with van der Waals surface area (Å²) in [5, 5.41) is 9.95. The minimum absolute atomic E-state index is 0.0573. The molecule has 110 valence electrons. The monoisotopic (exact) mass is 342 g/mol. The maximum Gasteiger partial charge on any atom is 0.289 e. The van der Waals surface area contributed by atoms with E-state index in [-0.39, 0.29) is 12.0 Å². The van der Waals surface area contributed by atoms with Crippen LogP contribution in [0.2, 0.25) is 0 Å². The molecule has 1 saturated heterocycles. The van der Waals surface area contributed by atoms with E-state index in [0.29, 0.717) is 29.4 Å². The lowest BCUT2D eigenvalue weighted by molar-refractivity contribution is 0.0467. The number of furan rings is 1. The van der Waals surface area contributed by atoms with Crippen LogP contribution in [0.4, 0.5) is 0 Å². The zero-order valence-electron chi connectivity index (χ0n) is 11.3. The van der Waals surface area contributed by atoms with Crippen LogP contribution in [0.15, 0.2) is 21.2 Å². The number of hydrogen-bond acceptors (Lipinski definition) is 4. The van der Waals surface area contributed by atoms with Gasteiger partial charge in [0.2, 0.25) is 0 Å². The molecule has 2 fully saturated rings. The molecule has 1 aliphatic carbocycles. The molecule has 2 heterocycles. The van der Waals surface area contributed by atoms with Gasteiger partial charge in [0.15, 0.2) is 10.4 Å². The average molecular weight is 343 g/mol. The largest absolute Gasteiger partial charge is 0.444 e. The lowest BCUT2D eigenvalue weighted by atomic mass is 10.2. The van der Waals surface area contributed by atoms with Gasteiger partial charge in [0, 0.05) is 32.7 Å². The van der Waals surface area contributed by atoms with Crippen LogP contribution in [0.5, 0.6) is 0 Å². The lowest BCUT2D eigenvalue weighted by Gasteiger charge is -2.35. The molecule has 1 aliphatic heterocycles. The fraction of sp³-hybridized carbons (Fsp3) is 0.643. The third-order valence-electron chi connectivity index (χ3n) is 4.05. The second-order valence-corrected chi connectivity index (χ2v) is 6.38. The summed E-state index contributed by atoms with van der Waals surface area (Å²) in [7, 11) is 0. The molecule has 1 amide bonds. The van der Waals surface area contributed by atoms with Gasteiger partial charge in [0.25, 0.3) is 5.91 Å². The summed E-state index contributed by atoms with van der Waals surface area (Å²) in [5.41, 5.74) is 0. The van der Waals surface area contributed by atoms with Crippen molar-refractivity contribution >= 4 is 21.8 Å². The van der Waals surface area contributed by atoms with Gasteiger partial charge in [0.1, 0.15) is 0 Å². The molecule has 1 saturated carbocycles. The Kier molecular flexibility index (Phi) is 4.14.